The molecule has 0 unspecified atom stereocenters. The zero-order valence-electron chi connectivity index (χ0n) is 11.1. The highest BCUT2D eigenvalue weighted by Gasteiger charge is 2.20. The zero-order chi connectivity index (χ0) is 13.9. The molecule has 0 aliphatic carbocycles. The SMILES string of the molecule is Cc1ccc(S(=O)(=O)CCN2CCOCC2)c(N)c1. The van der Waals surface area contributed by atoms with Gasteiger partial charge in [0.05, 0.1) is 29.5 Å². The van der Waals surface area contributed by atoms with Gasteiger partial charge in [-0.15, -0.1) is 0 Å². The highest BCUT2D eigenvalue weighted by Crippen LogP contribution is 2.20. The number of morpholine rings is 1. The van der Waals surface area contributed by atoms with Crippen LogP contribution >= 0.6 is 0 Å². The summed E-state index contributed by atoms with van der Waals surface area (Å²) in [7, 11) is -3.31. The lowest BCUT2D eigenvalue weighted by Crippen LogP contribution is -2.39. The van der Waals surface area contributed by atoms with Gasteiger partial charge in [-0.1, -0.05) is 6.07 Å². The van der Waals surface area contributed by atoms with E-state index in [1.807, 2.05) is 6.92 Å². The summed E-state index contributed by atoms with van der Waals surface area (Å²) >= 11 is 0. The van der Waals surface area contributed by atoms with E-state index in [1.165, 1.54) is 0 Å². The molecule has 2 N–H and O–H groups in total. The Morgan fingerprint density at radius 3 is 2.63 bits per heavy atom. The Kier molecular flexibility index (Phi) is 4.44. The molecular formula is C13H20N2O3S. The summed E-state index contributed by atoms with van der Waals surface area (Å²) in [5.41, 5.74) is 7.10. The average molecular weight is 284 g/mol. The molecule has 0 atom stereocenters. The first-order valence-corrected chi connectivity index (χ1v) is 8.03. The summed E-state index contributed by atoms with van der Waals surface area (Å²) in [6.07, 6.45) is 0. The highest BCUT2D eigenvalue weighted by atomic mass is 32.2. The molecule has 0 amide bonds. The van der Waals surface area contributed by atoms with Crippen molar-refractivity contribution in [3.63, 3.8) is 0 Å². The molecule has 1 aliphatic heterocycles. The van der Waals surface area contributed by atoms with Crippen molar-refractivity contribution in [2.24, 2.45) is 0 Å². The standard InChI is InChI=1S/C13H20N2O3S/c1-11-2-3-13(12(14)10-11)19(16,17)9-6-15-4-7-18-8-5-15/h2-3,10H,4-9,14H2,1H3. The van der Waals surface area contributed by atoms with E-state index in [1.54, 1.807) is 18.2 Å². The molecule has 5 nitrogen and oxygen atoms in total. The van der Waals surface area contributed by atoms with Gasteiger partial charge in [-0.05, 0) is 24.6 Å². The number of rotatable bonds is 4. The molecule has 1 fully saturated rings. The minimum Gasteiger partial charge on any atom is -0.398 e. The summed E-state index contributed by atoms with van der Waals surface area (Å²) < 4.78 is 29.8. The lowest BCUT2D eigenvalue weighted by Gasteiger charge is -2.26. The number of anilines is 1. The average Bonchev–Trinajstić information content (AvgIpc) is 2.37. The second-order valence-corrected chi connectivity index (χ2v) is 6.89. The van der Waals surface area contributed by atoms with E-state index in [0.29, 0.717) is 25.4 Å². The Bertz CT molecular complexity index is 537. The number of nitrogens with zero attached hydrogens (tertiary/aromatic N) is 1. The summed E-state index contributed by atoms with van der Waals surface area (Å²) in [6.45, 7) is 5.34. The molecule has 1 aromatic rings. The first-order chi connectivity index (χ1) is 8.99. The summed E-state index contributed by atoms with van der Waals surface area (Å²) in [5.74, 6) is 0.0975. The van der Waals surface area contributed by atoms with E-state index < -0.39 is 9.84 Å². The third kappa shape index (κ3) is 3.68. The van der Waals surface area contributed by atoms with Gasteiger partial charge in [0.2, 0.25) is 0 Å². The van der Waals surface area contributed by atoms with E-state index >= 15 is 0 Å². The van der Waals surface area contributed by atoms with Gasteiger partial charge < -0.3 is 10.5 Å². The lowest BCUT2D eigenvalue weighted by atomic mass is 10.2. The Hall–Kier alpha value is -1.11. The number of ether oxygens (including phenoxy) is 1. The fraction of sp³-hybridized carbons (Fsp3) is 0.538. The van der Waals surface area contributed by atoms with Crippen molar-refractivity contribution in [1.29, 1.82) is 0 Å². The predicted molar refractivity (Wildman–Crippen MR) is 74.9 cm³/mol. The van der Waals surface area contributed by atoms with Crippen LogP contribution in [0.15, 0.2) is 23.1 Å². The van der Waals surface area contributed by atoms with E-state index in [4.69, 9.17) is 10.5 Å². The molecule has 0 bridgehead atoms. The first-order valence-electron chi connectivity index (χ1n) is 6.38. The van der Waals surface area contributed by atoms with Gasteiger partial charge >= 0.3 is 0 Å². The number of nitrogens with two attached hydrogens (primary N) is 1. The predicted octanol–water partition coefficient (Wildman–Crippen LogP) is 0.683. The first kappa shape index (κ1) is 14.3. The van der Waals surface area contributed by atoms with Gasteiger partial charge in [-0.25, -0.2) is 8.42 Å². The number of hydrogen-bond acceptors (Lipinski definition) is 5. The third-order valence-electron chi connectivity index (χ3n) is 3.28. The van der Waals surface area contributed by atoms with Gasteiger partial charge in [0.25, 0.3) is 0 Å². The summed E-state index contributed by atoms with van der Waals surface area (Å²) in [4.78, 5) is 2.34. The van der Waals surface area contributed by atoms with Crippen molar-refractivity contribution in [3.8, 4) is 0 Å². The van der Waals surface area contributed by atoms with Crippen LogP contribution in [0.4, 0.5) is 5.69 Å². The van der Waals surface area contributed by atoms with Gasteiger partial charge in [-0.3, -0.25) is 4.90 Å². The van der Waals surface area contributed by atoms with Gasteiger partial charge in [-0.2, -0.15) is 0 Å². The molecule has 0 saturated carbocycles. The van der Waals surface area contributed by atoms with Crippen LogP contribution in [0.25, 0.3) is 0 Å². The molecule has 106 valence electrons. The fourth-order valence-corrected chi connectivity index (χ4v) is 3.55. The fourth-order valence-electron chi connectivity index (χ4n) is 2.14. The van der Waals surface area contributed by atoms with Crippen molar-refractivity contribution in [1.82, 2.24) is 4.90 Å². The van der Waals surface area contributed by atoms with Crippen molar-refractivity contribution < 1.29 is 13.2 Å². The maximum atomic E-state index is 12.3. The zero-order valence-corrected chi connectivity index (χ0v) is 11.9. The van der Waals surface area contributed by atoms with Crippen LogP contribution in [0.1, 0.15) is 5.56 Å². The molecule has 0 radical (unpaired) electrons. The number of sulfone groups is 1. The maximum absolute atomic E-state index is 12.3. The van der Waals surface area contributed by atoms with E-state index in [2.05, 4.69) is 4.90 Å². The highest BCUT2D eigenvalue weighted by molar-refractivity contribution is 7.91. The topological polar surface area (TPSA) is 72.6 Å². The molecule has 19 heavy (non-hydrogen) atoms. The van der Waals surface area contributed by atoms with Crippen LogP contribution in [-0.2, 0) is 14.6 Å². The molecule has 1 aliphatic rings. The quantitative estimate of drug-likeness (QED) is 0.823. The second kappa shape index (κ2) is 5.90. The molecule has 0 aromatic heterocycles. The van der Waals surface area contributed by atoms with Crippen LogP contribution in [0, 0.1) is 6.92 Å². The van der Waals surface area contributed by atoms with Crippen molar-refractivity contribution in [3.05, 3.63) is 23.8 Å². The summed E-state index contributed by atoms with van der Waals surface area (Å²) in [6, 6.07) is 5.07. The van der Waals surface area contributed by atoms with Crippen LogP contribution < -0.4 is 5.73 Å². The monoisotopic (exact) mass is 284 g/mol. The van der Waals surface area contributed by atoms with Gasteiger partial charge in [0.15, 0.2) is 9.84 Å². The maximum Gasteiger partial charge on any atom is 0.181 e. The molecule has 1 heterocycles. The van der Waals surface area contributed by atoms with Crippen LogP contribution in [0.2, 0.25) is 0 Å². The lowest BCUT2D eigenvalue weighted by molar-refractivity contribution is 0.0408. The third-order valence-corrected chi connectivity index (χ3v) is 5.04. The van der Waals surface area contributed by atoms with Crippen molar-refractivity contribution in [2.45, 2.75) is 11.8 Å². The molecule has 2 rings (SSSR count). The van der Waals surface area contributed by atoms with E-state index in [-0.39, 0.29) is 10.6 Å². The van der Waals surface area contributed by atoms with E-state index in [0.717, 1.165) is 18.7 Å². The molecule has 6 heteroatoms. The number of benzene rings is 1. The molecular weight excluding hydrogens is 264 g/mol. The molecule has 0 spiro atoms. The minimum atomic E-state index is -3.31. The van der Waals surface area contributed by atoms with Gasteiger partial charge in [0, 0.05) is 19.6 Å². The van der Waals surface area contributed by atoms with E-state index in [9.17, 15) is 8.42 Å². The van der Waals surface area contributed by atoms with Crippen LogP contribution in [0.5, 0.6) is 0 Å². The Balaban J connectivity index is 2.05. The van der Waals surface area contributed by atoms with Crippen LogP contribution in [0.3, 0.4) is 0 Å². The normalized spacial score (nSPS) is 17.5. The Morgan fingerprint density at radius 2 is 2.00 bits per heavy atom. The Labute approximate surface area is 114 Å². The summed E-state index contributed by atoms with van der Waals surface area (Å²) in [5, 5.41) is 0. The van der Waals surface area contributed by atoms with Crippen molar-refractivity contribution in [2.75, 3.05) is 44.3 Å². The largest absolute Gasteiger partial charge is 0.398 e. The second-order valence-electron chi connectivity index (χ2n) is 4.81. The molecule has 1 aromatic carbocycles. The smallest absolute Gasteiger partial charge is 0.181 e. The Morgan fingerprint density at radius 1 is 1.32 bits per heavy atom. The number of nitrogen functional groups attached to an aromatic ring is 1. The minimum absolute atomic E-state index is 0.0975. The van der Waals surface area contributed by atoms with Gasteiger partial charge in [0.1, 0.15) is 0 Å². The molecule has 1 saturated heterocycles. The van der Waals surface area contributed by atoms with Crippen molar-refractivity contribution >= 4 is 15.5 Å². The number of aryl methyl sites for hydroxylation is 1. The van der Waals surface area contributed by atoms with Crippen LogP contribution in [-0.4, -0.2) is 51.9 Å². The number of hydrogen-bond donors (Lipinski definition) is 1.